The van der Waals surface area contributed by atoms with Crippen LogP contribution in [0.5, 0.6) is 23.0 Å². The van der Waals surface area contributed by atoms with Crippen LogP contribution in [0.25, 0.3) is 0 Å². The summed E-state index contributed by atoms with van der Waals surface area (Å²) in [5.41, 5.74) is -4.96. The van der Waals surface area contributed by atoms with Crippen LogP contribution in [-0.4, -0.2) is 48.6 Å². The topological polar surface area (TPSA) is 173 Å². The molecule has 324 valence electrons. The lowest BCUT2D eigenvalue weighted by Crippen LogP contribution is -2.54. The Morgan fingerprint density at radius 3 is 0.825 bits per heavy atom. The minimum Gasteiger partial charge on any atom is -0.490 e. The zero-order valence-corrected chi connectivity index (χ0v) is 32.4. The monoisotopic (exact) mass is 874 g/mol. The van der Waals surface area contributed by atoms with Crippen LogP contribution < -0.4 is 18.9 Å². The fourth-order valence-electron chi connectivity index (χ4n) is 5.95. The van der Waals surface area contributed by atoms with Crippen molar-refractivity contribution in [2.24, 2.45) is 20.5 Å². The number of ether oxygens (including phenoxy) is 4. The van der Waals surface area contributed by atoms with Gasteiger partial charge in [-0.3, -0.25) is 20.2 Å². The average molecular weight is 875 g/mol. The number of non-ortho nitro benzene ring substituents is 2. The smallest absolute Gasteiger partial charge is 0.411 e. The summed E-state index contributed by atoms with van der Waals surface area (Å²) in [4.78, 5) is 20.5. The van der Waals surface area contributed by atoms with Gasteiger partial charge < -0.3 is 18.9 Å². The first-order valence-corrected chi connectivity index (χ1v) is 18.5. The number of rotatable bonds is 18. The van der Waals surface area contributed by atoms with Crippen molar-refractivity contribution < 1.29 is 55.1 Å². The maximum absolute atomic E-state index is 14.8. The SMILES string of the molecule is O=[N+]([O-])c1ccc(N=Nc2ccc(OCCOc3ccc(C(c4ccc(OCCOc5ccc(N=Nc6ccc([N+](=O)[O-])cc6)cc5)cc4)(C(F)(F)F)C(F)(F)F)cc3)cc2)cc1. The molecule has 14 nitrogen and oxygen atoms in total. The van der Waals surface area contributed by atoms with Gasteiger partial charge in [0.25, 0.3) is 11.4 Å². The molecule has 20 heteroatoms. The third-order valence-corrected chi connectivity index (χ3v) is 9.02. The van der Waals surface area contributed by atoms with E-state index in [2.05, 4.69) is 20.5 Å². The van der Waals surface area contributed by atoms with Crippen LogP contribution in [0.1, 0.15) is 11.1 Å². The molecule has 6 aromatic rings. The first-order valence-electron chi connectivity index (χ1n) is 18.5. The summed E-state index contributed by atoms with van der Waals surface area (Å²) in [5, 5.41) is 37.7. The van der Waals surface area contributed by atoms with E-state index in [0.29, 0.717) is 34.2 Å². The molecule has 0 radical (unpaired) electrons. The normalized spacial score (nSPS) is 12.0. The number of hydrogen-bond acceptors (Lipinski definition) is 12. The summed E-state index contributed by atoms with van der Waals surface area (Å²) in [6.45, 7) is -0.221. The molecule has 6 aromatic carbocycles. The molecule has 0 fully saturated rings. The predicted molar refractivity (Wildman–Crippen MR) is 215 cm³/mol. The number of benzene rings is 6. The molecular weight excluding hydrogens is 842 g/mol. The standard InChI is InChI=1S/C43H32F6N6O8/c44-42(45,46)41(43(47,48)49,29-1-17-37(18-2-29)60-25-27-62-39-21-9-33(10-22-39)52-50-31-5-13-35(14-6-31)54(56)57)30-3-19-38(20-4-30)61-26-28-63-40-23-11-34(12-24-40)53-51-32-7-15-36(16-8-32)55(58)59/h1-24H,25-28H2. The van der Waals surface area contributed by atoms with E-state index >= 15 is 0 Å². The van der Waals surface area contributed by atoms with Crippen LogP contribution in [0.3, 0.4) is 0 Å². The van der Waals surface area contributed by atoms with Gasteiger partial charge >= 0.3 is 12.4 Å². The highest BCUT2D eigenvalue weighted by atomic mass is 19.4. The van der Waals surface area contributed by atoms with Gasteiger partial charge in [0.15, 0.2) is 0 Å². The molecule has 0 atom stereocenters. The molecule has 0 aliphatic carbocycles. The number of nitro benzene ring substituents is 2. The molecule has 0 aliphatic heterocycles. The van der Waals surface area contributed by atoms with E-state index in [1.165, 1.54) is 48.5 Å². The lowest BCUT2D eigenvalue weighted by molar-refractivity contribution is -0.385. The van der Waals surface area contributed by atoms with Crippen molar-refractivity contribution in [1.82, 2.24) is 0 Å². The van der Waals surface area contributed by atoms with Crippen molar-refractivity contribution in [3.8, 4) is 23.0 Å². The molecule has 0 aliphatic rings. The summed E-state index contributed by atoms with van der Waals surface area (Å²) in [6, 6.07) is 30.7. The van der Waals surface area contributed by atoms with Gasteiger partial charge in [0.05, 0.1) is 32.6 Å². The summed E-state index contributed by atoms with van der Waals surface area (Å²) in [7, 11) is 0. The highest BCUT2D eigenvalue weighted by Gasteiger charge is 2.72. The summed E-state index contributed by atoms with van der Waals surface area (Å²) < 4.78 is 111. The van der Waals surface area contributed by atoms with Crippen molar-refractivity contribution in [2.45, 2.75) is 17.8 Å². The summed E-state index contributed by atoms with van der Waals surface area (Å²) in [6.07, 6.45) is -11.6. The number of nitrogens with zero attached hydrogens (tertiary/aromatic N) is 6. The molecule has 0 amide bonds. The van der Waals surface area contributed by atoms with Crippen LogP contribution in [-0.2, 0) is 5.41 Å². The van der Waals surface area contributed by atoms with Crippen molar-refractivity contribution >= 4 is 34.1 Å². The van der Waals surface area contributed by atoms with Gasteiger partial charge in [0.2, 0.25) is 5.41 Å². The molecule has 0 N–H and O–H groups in total. The molecule has 0 saturated carbocycles. The Morgan fingerprint density at radius 1 is 0.381 bits per heavy atom. The Kier molecular flexibility index (Phi) is 13.9. The van der Waals surface area contributed by atoms with Crippen LogP contribution in [0, 0.1) is 20.2 Å². The first-order chi connectivity index (χ1) is 30.1. The van der Waals surface area contributed by atoms with Crippen molar-refractivity contribution in [2.75, 3.05) is 26.4 Å². The zero-order chi connectivity index (χ0) is 45.0. The zero-order valence-electron chi connectivity index (χ0n) is 32.4. The second-order valence-corrected chi connectivity index (χ2v) is 13.1. The highest BCUT2D eigenvalue weighted by molar-refractivity contribution is 5.49. The van der Waals surface area contributed by atoms with Gasteiger partial charge in [0.1, 0.15) is 49.4 Å². The van der Waals surface area contributed by atoms with E-state index in [-0.39, 0.29) is 49.3 Å². The molecule has 63 heavy (non-hydrogen) atoms. The fraction of sp³-hybridized carbons (Fsp3) is 0.163. The van der Waals surface area contributed by atoms with Crippen molar-refractivity contribution in [3.05, 3.63) is 177 Å². The van der Waals surface area contributed by atoms with E-state index in [9.17, 15) is 46.6 Å². The third kappa shape index (κ3) is 11.3. The number of alkyl halides is 6. The molecule has 0 bridgehead atoms. The second-order valence-electron chi connectivity index (χ2n) is 13.1. The van der Waals surface area contributed by atoms with Crippen molar-refractivity contribution in [1.29, 1.82) is 0 Å². The average Bonchev–Trinajstić information content (AvgIpc) is 3.26. The van der Waals surface area contributed by atoms with Crippen LogP contribution in [0.15, 0.2) is 166 Å². The van der Waals surface area contributed by atoms with Crippen molar-refractivity contribution in [3.63, 3.8) is 0 Å². The largest absolute Gasteiger partial charge is 0.490 e. The molecule has 6 rings (SSSR count). The van der Waals surface area contributed by atoms with Gasteiger partial charge in [-0.25, -0.2) is 0 Å². The highest BCUT2D eigenvalue weighted by Crippen LogP contribution is 2.56. The molecule has 0 unspecified atom stereocenters. The van der Waals surface area contributed by atoms with Gasteiger partial charge in [-0.1, -0.05) is 24.3 Å². The number of nitro groups is 2. The van der Waals surface area contributed by atoms with Gasteiger partial charge in [-0.05, 0) is 108 Å². The minimum absolute atomic E-state index is 0.00899. The van der Waals surface area contributed by atoms with E-state index in [1.54, 1.807) is 48.5 Å². The Hall–Kier alpha value is -7.90. The lowest BCUT2D eigenvalue weighted by Gasteiger charge is -2.38. The van der Waals surface area contributed by atoms with Crippen LogP contribution in [0.4, 0.5) is 60.5 Å². The fourth-order valence-corrected chi connectivity index (χ4v) is 5.95. The van der Waals surface area contributed by atoms with Gasteiger partial charge in [-0.15, -0.1) is 0 Å². The number of azo groups is 2. The van der Waals surface area contributed by atoms with E-state index in [1.807, 2.05) is 0 Å². The van der Waals surface area contributed by atoms with Crippen LogP contribution >= 0.6 is 0 Å². The predicted octanol–water partition coefficient (Wildman–Crippen LogP) is 12.7. The Balaban J connectivity index is 1.00. The van der Waals surface area contributed by atoms with Crippen LogP contribution in [0.2, 0.25) is 0 Å². The Morgan fingerprint density at radius 2 is 0.603 bits per heavy atom. The first kappa shape index (κ1) is 44.6. The molecular formula is C43H32F6N6O8. The minimum atomic E-state index is -5.80. The second kappa shape index (κ2) is 19.7. The Bertz CT molecular complexity index is 2340. The summed E-state index contributed by atoms with van der Waals surface area (Å²) >= 11 is 0. The summed E-state index contributed by atoms with van der Waals surface area (Å²) in [5.74, 6) is 0.852. The van der Waals surface area contributed by atoms with Gasteiger partial charge in [0, 0.05) is 24.3 Å². The number of hydrogen-bond donors (Lipinski definition) is 0. The molecule has 0 spiro atoms. The quantitative estimate of drug-likeness (QED) is 0.0270. The maximum Gasteiger partial charge on any atom is 0.411 e. The molecule has 0 saturated heterocycles. The lowest BCUT2D eigenvalue weighted by atomic mass is 9.73. The molecule has 0 aromatic heterocycles. The third-order valence-electron chi connectivity index (χ3n) is 9.02. The van der Waals surface area contributed by atoms with E-state index in [0.717, 1.165) is 48.5 Å². The molecule has 0 heterocycles. The Labute approximate surface area is 353 Å². The number of halogens is 6. The van der Waals surface area contributed by atoms with E-state index in [4.69, 9.17) is 18.9 Å². The van der Waals surface area contributed by atoms with Gasteiger partial charge in [-0.2, -0.15) is 46.8 Å². The van der Waals surface area contributed by atoms with E-state index < -0.39 is 38.7 Å². The maximum atomic E-state index is 14.8.